The van der Waals surface area contributed by atoms with E-state index in [0.717, 1.165) is 12.2 Å². The minimum absolute atomic E-state index is 0.0427. The van der Waals surface area contributed by atoms with E-state index in [1.807, 2.05) is 0 Å². The summed E-state index contributed by atoms with van der Waals surface area (Å²) in [6.45, 7) is 3.84. The lowest BCUT2D eigenvalue weighted by molar-refractivity contribution is -0.153. The van der Waals surface area contributed by atoms with Crippen LogP contribution in [0.15, 0.2) is 0 Å². The monoisotopic (exact) mass is 300 g/mol. The number of carbonyl (C=O) groups is 3. The fraction of sp³-hybridized carbons (Fsp3) is 0.769. The summed E-state index contributed by atoms with van der Waals surface area (Å²) in [4.78, 5) is 38.7. The third-order valence-corrected chi connectivity index (χ3v) is 4.46. The zero-order valence-electron chi connectivity index (χ0n) is 11.7. The van der Waals surface area contributed by atoms with Gasteiger partial charge in [-0.25, -0.2) is 4.79 Å². The number of thioether (sulfide) groups is 1. The van der Waals surface area contributed by atoms with E-state index >= 15 is 0 Å². The van der Waals surface area contributed by atoms with Crippen LogP contribution in [0.2, 0.25) is 0 Å². The van der Waals surface area contributed by atoms with E-state index in [9.17, 15) is 14.4 Å². The minimum atomic E-state index is -0.439. The molecule has 2 fully saturated rings. The van der Waals surface area contributed by atoms with Crippen LogP contribution in [0.4, 0.5) is 4.79 Å². The molecule has 0 radical (unpaired) electrons. The first-order valence-corrected chi connectivity index (χ1v) is 8.00. The molecule has 0 spiro atoms. The van der Waals surface area contributed by atoms with Crippen LogP contribution >= 0.6 is 11.8 Å². The van der Waals surface area contributed by atoms with Crippen LogP contribution < -0.4 is 0 Å². The van der Waals surface area contributed by atoms with Crippen molar-refractivity contribution in [3.63, 3.8) is 0 Å². The molecule has 7 heteroatoms. The predicted molar refractivity (Wildman–Crippen MR) is 75.4 cm³/mol. The SMILES string of the molecule is CCOC(=O)C1CCCN1C(=O)CCN1CCSC1=O. The number of hydrogen-bond acceptors (Lipinski definition) is 5. The zero-order chi connectivity index (χ0) is 14.5. The molecule has 2 aliphatic heterocycles. The summed E-state index contributed by atoms with van der Waals surface area (Å²) in [6.07, 6.45) is 1.78. The highest BCUT2D eigenvalue weighted by molar-refractivity contribution is 8.13. The van der Waals surface area contributed by atoms with Gasteiger partial charge in [-0.1, -0.05) is 11.8 Å². The molecular weight excluding hydrogens is 280 g/mol. The first-order chi connectivity index (χ1) is 9.63. The molecule has 0 aliphatic carbocycles. The Hall–Kier alpha value is -1.24. The van der Waals surface area contributed by atoms with Crippen molar-refractivity contribution in [2.24, 2.45) is 0 Å². The molecule has 6 nitrogen and oxygen atoms in total. The summed E-state index contributed by atoms with van der Waals surface area (Å²) in [5.41, 5.74) is 0. The molecule has 20 heavy (non-hydrogen) atoms. The van der Waals surface area contributed by atoms with Gasteiger partial charge in [0.1, 0.15) is 6.04 Å². The molecule has 2 aliphatic rings. The van der Waals surface area contributed by atoms with Crippen LogP contribution in [0.3, 0.4) is 0 Å². The maximum atomic E-state index is 12.2. The van der Waals surface area contributed by atoms with Crippen LogP contribution in [0.25, 0.3) is 0 Å². The maximum Gasteiger partial charge on any atom is 0.328 e. The van der Waals surface area contributed by atoms with Gasteiger partial charge in [-0.05, 0) is 19.8 Å². The van der Waals surface area contributed by atoms with Gasteiger partial charge < -0.3 is 14.5 Å². The predicted octanol–water partition coefficient (Wildman–Crippen LogP) is 1.10. The number of ether oxygens (including phenoxy) is 1. The van der Waals surface area contributed by atoms with Gasteiger partial charge in [-0.3, -0.25) is 9.59 Å². The standard InChI is InChI=1S/C13H20N2O4S/c1-2-19-12(17)10-4-3-6-15(10)11(16)5-7-14-8-9-20-13(14)18/h10H,2-9H2,1H3. The van der Waals surface area contributed by atoms with Crippen LogP contribution in [0.5, 0.6) is 0 Å². The zero-order valence-corrected chi connectivity index (χ0v) is 12.5. The lowest BCUT2D eigenvalue weighted by atomic mass is 10.2. The number of amides is 2. The van der Waals surface area contributed by atoms with Crippen molar-refractivity contribution in [2.45, 2.75) is 32.2 Å². The Morgan fingerprint density at radius 3 is 2.85 bits per heavy atom. The van der Waals surface area contributed by atoms with Gasteiger partial charge in [-0.2, -0.15) is 0 Å². The van der Waals surface area contributed by atoms with Crippen molar-refractivity contribution in [2.75, 3.05) is 32.0 Å². The number of rotatable bonds is 5. The van der Waals surface area contributed by atoms with Crippen molar-refractivity contribution in [1.82, 2.24) is 9.80 Å². The number of likely N-dealkylation sites (tertiary alicyclic amines) is 1. The highest BCUT2D eigenvalue weighted by atomic mass is 32.2. The molecule has 1 unspecified atom stereocenters. The summed E-state index contributed by atoms with van der Waals surface area (Å²) in [7, 11) is 0. The van der Waals surface area contributed by atoms with Crippen LogP contribution in [-0.2, 0) is 14.3 Å². The van der Waals surface area contributed by atoms with E-state index < -0.39 is 6.04 Å². The van der Waals surface area contributed by atoms with E-state index in [2.05, 4.69) is 0 Å². The summed E-state index contributed by atoms with van der Waals surface area (Å²) in [5, 5.41) is 0.0427. The van der Waals surface area contributed by atoms with Gasteiger partial charge in [0.15, 0.2) is 0 Å². The first kappa shape index (κ1) is 15.2. The van der Waals surface area contributed by atoms with Gasteiger partial charge in [0.05, 0.1) is 6.61 Å². The number of nitrogens with zero attached hydrogens (tertiary/aromatic N) is 2. The van der Waals surface area contributed by atoms with Crippen LogP contribution in [0, 0.1) is 0 Å². The average molecular weight is 300 g/mol. The lowest BCUT2D eigenvalue weighted by Crippen LogP contribution is -2.42. The summed E-state index contributed by atoms with van der Waals surface area (Å²) in [5.74, 6) is 0.416. The van der Waals surface area contributed by atoms with E-state index in [0.29, 0.717) is 32.7 Å². The Kier molecular flexibility index (Phi) is 5.28. The molecule has 0 bridgehead atoms. The second-order valence-corrected chi connectivity index (χ2v) is 5.89. The highest BCUT2D eigenvalue weighted by Crippen LogP contribution is 2.21. The number of carbonyl (C=O) groups excluding carboxylic acids is 3. The lowest BCUT2D eigenvalue weighted by Gasteiger charge is -2.24. The normalized spacial score (nSPS) is 22.4. The van der Waals surface area contributed by atoms with E-state index in [1.165, 1.54) is 11.8 Å². The fourth-order valence-corrected chi connectivity index (χ4v) is 3.40. The third kappa shape index (κ3) is 3.45. The number of hydrogen-bond donors (Lipinski definition) is 0. The minimum Gasteiger partial charge on any atom is -0.464 e. The molecule has 1 atom stereocenters. The van der Waals surface area contributed by atoms with E-state index in [1.54, 1.807) is 16.7 Å². The van der Waals surface area contributed by atoms with Crippen molar-refractivity contribution in [3.05, 3.63) is 0 Å². The third-order valence-electron chi connectivity index (χ3n) is 3.57. The average Bonchev–Trinajstić information content (AvgIpc) is 3.05. The summed E-state index contributed by atoms with van der Waals surface area (Å²) in [6, 6.07) is -0.439. The Morgan fingerprint density at radius 1 is 1.40 bits per heavy atom. The van der Waals surface area contributed by atoms with Crippen LogP contribution in [0.1, 0.15) is 26.2 Å². The van der Waals surface area contributed by atoms with Gasteiger partial charge in [0.2, 0.25) is 5.91 Å². The second-order valence-electron chi connectivity index (χ2n) is 4.85. The molecule has 0 aromatic rings. The molecule has 2 rings (SSSR count). The Morgan fingerprint density at radius 2 is 2.20 bits per heavy atom. The summed E-state index contributed by atoms with van der Waals surface area (Å²) >= 11 is 1.29. The molecule has 0 N–H and O–H groups in total. The molecule has 0 saturated carbocycles. The van der Waals surface area contributed by atoms with E-state index in [-0.39, 0.29) is 23.5 Å². The number of esters is 1. The maximum absolute atomic E-state index is 12.2. The van der Waals surface area contributed by atoms with Crippen molar-refractivity contribution >= 4 is 28.9 Å². The van der Waals surface area contributed by atoms with E-state index in [4.69, 9.17) is 4.74 Å². The second kappa shape index (κ2) is 6.97. The molecule has 2 amide bonds. The quantitative estimate of drug-likeness (QED) is 0.711. The summed E-state index contributed by atoms with van der Waals surface area (Å²) < 4.78 is 5.00. The Labute approximate surface area is 122 Å². The largest absolute Gasteiger partial charge is 0.464 e. The molecule has 112 valence electrons. The van der Waals surface area contributed by atoms with Crippen LogP contribution in [-0.4, -0.2) is 65.0 Å². The van der Waals surface area contributed by atoms with Crippen molar-refractivity contribution in [1.29, 1.82) is 0 Å². The van der Waals surface area contributed by atoms with Gasteiger partial charge in [-0.15, -0.1) is 0 Å². The smallest absolute Gasteiger partial charge is 0.328 e. The first-order valence-electron chi connectivity index (χ1n) is 7.01. The fourth-order valence-electron chi connectivity index (χ4n) is 2.55. The molecule has 2 heterocycles. The molecule has 0 aromatic carbocycles. The van der Waals surface area contributed by atoms with Gasteiger partial charge in [0, 0.05) is 31.8 Å². The Balaban J connectivity index is 1.84. The molecular formula is C13H20N2O4S. The Bertz CT molecular complexity index is 402. The molecule has 0 aromatic heterocycles. The molecule has 2 saturated heterocycles. The highest BCUT2D eigenvalue weighted by Gasteiger charge is 2.35. The van der Waals surface area contributed by atoms with Crippen molar-refractivity contribution in [3.8, 4) is 0 Å². The van der Waals surface area contributed by atoms with Gasteiger partial charge >= 0.3 is 5.97 Å². The van der Waals surface area contributed by atoms with Crippen molar-refractivity contribution < 1.29 is 19.1 Å². The topological polar surface area (TPSA) is 66.9 Å². The van der Waals surface area contributed by atoms with Gasteiger partial charge in [0.25, 0.3) is 5.24 Å².